The van der Waals surface area contributed by atoms with Gasteiger partial charge in [-0.2, -0.15) is 0 Å². The first-order valence-electron chi connectivity index (χ1n) is 13.9. The number of carbonyl (C=O) groups excluding carboxylic acids is 1. The number of ether oxygens (including phenoxy) is 2. The number of rotatable bonds is 11. The maximum absolute atomic E-state index is 15.2. The first-order chi connectivity index (χ1) is 18.8. The van der Waals surface area contributed by atoms with Crippen molar-refractivity contribution in [3.05, 3.63) is 101 Å². The number of carbonyl (C=O) groups is 1. The Bertz CT molecular complexity index is 1270. The molecule has 39 heavy (non-hydrogen) atoms. The molecule has 206 valence electrons. The highest BCUT2D eigenvalue weighted by atomic mass is 19.1. The molecule has 0 spiro atoms. The minimum absolute atomic E-state index is 0.0641. The zero-order chi connectivity index (χ0) is 27.8. The standard InChI is InChI=1S/C34H39FO4/c1-23(2)34(37)39-22-31-20-32(38-19-18-36)17-16-28(31)12-13-29-14-15-30(21-33(29)35)27-10-8-26(9-11-27)25-6-4-24(3)5-7-25/h8-11,14-17,20-21,24-25,36H,1,4-7,12-13,18-19,22H2,2-3H3. The van der Waals surface area contributed by atoms with Gasteiger partial charge in [0.2, 0.25) is 0 Å². The summed E-state index contributed by atoms with van der Waals surface area (Å²) < 4.78 is 26.1. The Morgan fingerprint density at radius 2 is 1.59 bits per heavy atom. The molecule has 0 bridgehead atoms. The number of benzene rings is 3. The van der Waals surface area contributed by atoms with Gasteiger partial charge < -0.3 is 14.6 Å². The Kier molecular flexibility index (Phi) is 9.94. The van der Waals surface area contributed by atoms with Crippen LogP contribution in [0.5, 0.6) is 5.75 Å². The van der Waals surface area contributed by atoms with Crippen molar-refractivity contribution in [2.75, 3.05) is 13.2 Å². The molecule has 3 aromatic carbocycles. The van der Waals surface area contributed by atoms with E-state index in [9.17, 15) is 4.79 Å². The van der Waals surface area contributed by atoms with Gasteiger partial charge in [0.25, 0.3) is 0 Å². The normalized spacial score (nSPS) is 17.0. The number of aliphatic hydroxyl groups is 1. The molecule has 0 unspecified atom stereocenters. The van der Waals surface area contributed by atoms with Gasteiger partial charge in [-0.3, -0.25) is 0 Å². The van der Waals surface area contributed by atoms with Gasteiger partial charge in [-0.15, -0.1) is 0 Å². The maximum atomic E-state index is 15.2. The van der Waals surface area contributed by atoms with Crippen molar-refractivity contribution >= 4 is 5.97 Å². The number of halogens is 1. The Hall–Kier alpha value is -3.44. The molecule has 4 nitrogen and oxygen atoms in total. The van der Waals surface area contributed by atoms with Crippen molar-refractivity contribution < 1.29 is 23.8 Å². The van der Waals surface area contributed by atoms with Crippen molar-refractivity contribution in [3.63, 3.8) is 0 Å². The fraction of sp³-hybridized carbons (Fsp3) is 0.382. The Labute approximate surface area is 231 Å². The lowest BCUT2D eigenvalue weighted by Crippen LogP contribution is -2.10. The van der Waals surface area contributed by atoms with Crippen LogP contribution in [0.15, 0.2) is 72.8 Å². The summed E-state index contributed by atoms with van der Waals surface area (Å²) in [6.45, 7) is 7.70. The molecule has 4 rings (SSSR count). The summed E-state index contributed by atoms with van der Waals surface area (Å²) >= 11 is 0. The largest absolute Gasteiger partial charge is 0.491 e. The average molecular weight is 531 g/mol. The quantitative estimate of drug-likeness (QED) is 0.205. The zero-order valence-electron chi connectivity index (χ0n) is 23.0. The van der Waals surface area contributed by atoms with E-state index in [4.69, 9.17) is 14.6 Å². The molecule has 0 atom stereocenters. The highest BCUT2D eigenvalue weighted by Crippen LogP contribution is 2.36. The fourth-order valence-corrected chi connectivity index (χ4v) is 5.24. The van der Waals surface area contributed by atoms with Crippen LogP contribution >= 0.6 is 0 Å². The summed E-state index contributed by atoms with van der Waals surface area (Å²) in [4.78, 5) is 11.9. The van der Waals surface area contributed by atoms with Gasteiger partial charge in [-0.25, -0.2) is 9.18 Å². The van der Waals surface area contributed by atoms with Crippen LogP contribution in [0.2, 0.25) is 0 Å². The molecule has 0 aliphatic heterocycles. The highest BCUT2D eigenvalue weighted by Gasteiger charge is 2.19. The molecule has 1 N–H and O–H groups in total. The first kappa shape index (κ1) is 28.6. The number of aryl methyl sites for hydroxylation is 2. The van der Waals surface area contributed by atoms with E-state index >= 15 is 4.39 Å². The zero-order valence-corrected chi connectivity index (χ0v) is 23.0. The predicted molar refractivity (Wildman–Crippen MR) is 153 cm³/mol. The van der Waals surface area contributed by atoms with E-state index in [2.05, 4.69) is 37.8 Å². The van der Waals surface area contributed by atoms with E-state index in [0.29, 0.717) is 35.6 Å². The van der Waals surface area contributed by atoms with Crippen LogP contribution in [0.25, 0.3) is 11.1 Å². The van der Waals surface area contributed by atoms with Crippen LogP contribution in [0.4, 0.5) is 4.39 Å². The summed E-state index contributed by atoms with van der Waals surface area (Å²) in [5.41, 5.74) is 5.97. The Balaban J connectivity index is 1.43. The minimum atomic E-state index is -0.467. The number of aliphatic hydroxyl groups excluding tert-OH is 1. The Morgan fingerprint density at radius 1 is 0.923 bits per heavy atom. The van der Waals surface area contributed by atoms with Crippen LogP contribution in [-0.2, 0) is 29.0 Å². The van der Waals surface area contributed by atoms with Gasteiger partial charge in [-0.05, 0) is 96.0 Å². The number of esters is 1. The van der Waals surface area contributed by atoms with E-state index in [0.717, 1.165) is 28.2 Å². The van der Waals surface area contributed by atoms with Crippen LogP contribution < -0.4 is 4.74 Å². The van der Waals surface area contributed by atoms with E-state index < -0.39 is 5.97 Å². The first-order valence-corrected chi connectivity index (χ1v) is 13.9. The molecule has 0 radical (unpaired) electrons. The molecule has 1 aliphatic rings. The van der Waals surface area contributed by atoms with Gasteiger partial charge in [0.15, 0.2) is 0 Å². The average Bonchev–Trinajstić information content (AvgIpc) is 2.95. The molecule has 0 amide bonds. The number of hydrogen-bond acceptors (Lipinski definition) is 4. The van der Waals surface area contributed by atoms with E-state index in [-0.39, 0.29) is 25.6 Å². The molecule has 0 saturated heterocycles. The summed E-state index contributed by atoms with van der Waals surface area (Å²) in [7, 11) is 0. The van der Waals surface area contributed by atoms with E-state index in [1.807, 2.05) is 24.3 Å². The molecule has 1 aliphatic carbocycles. The minimum Gasteiger partial charge on any atom is -0.491 e. The maximum Gasteiger partial charge on any atom is 0.333 e. The van der Waals surface area contributed by atoms with Crippen LogP contribution in [0.1, 0.15) is 67.7 Å². The molecule has 3 aromatic rings. The van der Waals surface area contributed by atoms with Crippen molar-refractivity contribution in [3.8, 4) is 16.9 Å². The molecule has 0 heterocycles. The van der Waals surface area contributed by atoms with Crippen LogP contribution in [0.3, 0.4) is 0 Å². The molecule has 1 saturated carbocycles. The molecule has 1 fully saturated rings. The van der Waals surface area contributed by atoms with Gasteiger partial charge in [0.05, 0.1) is 6.61 Å². The van der Waals surface area contributed by atoms with Gasteiger partial charge in [0, 0.05) is 5.57 Å². The van der Waals surface area contributed by atoms with Crippen molar-refractivity contribution in [2.24, 2.45) is 5.92 Å². The van der Waals surface area contributed by atoms with E-state index in [1.54, 1.807) is 19.1 Å². The summed E-state index contributed by atoms with van der Waals surface area (Å²) in [6, 6.07) is 19.6. The molecule has 5 heteroatoms. The van der Waals surface area contributed by atoms with Crippen molar-refractivity contribution in [1.82, 2.24) is 0 Å². The van der Waals surface area contributed by atoms with E-state index in [1.165, 1.54) is 31.2 Å². The van der Waals surface area contributed by atoms with Crippen LogP contribution in [0, 0.1) is 11.7 Å². The number of hydrogen-bond donors (Lipinski definition) is 1. The summed E-state index contributed by atoms with van der Waals surface area (Å²) in [5.74, 6) is 1.35. The third-order valence-corrected chi connectivity index (χ3v) is 7.69. The lowest BCUT2D eigenvalue weighted by molar-refractivity contribution is -0.140. The highest BCUT2D eigenvalue weighted by molar-refractivity contribution is 5.86. The van der Waals surface area contributed by atoms with Gasteiger partial charge >= 0.3 is 5.97 Å². The fourth-order valence-electron chi connectivity index (χ4n) is 5.24. The second-order valence-corrected chi connectivity index (χ2v) is 10.7. The molecule has 0 aromatic heterocycles. The predicted octanol–water partition coefficient (Wildman–Crippen LogP) is 7.56. The topological polar surface area (TPSA) is 55.8 Å². The third-order valence-electron chi connectivity index (χ3n) is 7.69. The lowest BCUT2D eigenvalue weighted by atomic mass is 9.79. The smallest absolute Gasteiger partial charge is 0.333 e. The monoisotopic (exact) mass is 530 g/mol. The lowest BCUT2D eigenvalue weighted by Gasteiger charge is -2.26. The van der Waals surface area contributed by atoms with Crippen molar-refractivity contribution in [2.45, 2.75) is 64.9 Å². The second kappa shape index (κ2) is 13.6. The second-order valence-electron chi connectivity index (χ2n) is 10.7. The van der Waals surface area contributed by atoms with Gasteiger partial charge in [-0.1, -0.05) is 68.8 Å². The third kappa shape index (κ3) is 7.79. The SMILES string of the molecule is C=C(C)C(=O)OCc1cc(OCCO)ccc1CCc1ccc(-c2ccc(C3CCC(C)CC3)cc2)cc1F. The summed E-state index contributed by atoms with van der Waals surface area (Å²) in [6.07, 6.45) is 6.17. The molecular formula is C34H39FO4. The van der Waals surface area contributed by atoms with Crippen LogP contribution in [-0.4, -0.2) is 24.3 Å². The molecular weight excluding hydrogens is 491 g/mol. The Morgan fingerprint density at radius 3 is 2.26 bits per heavy atom. The van der Waals surface area contributed by atoms with Gasteiger partial charge in [0.1, 0.15) is 24.8 Å². The van der Waals surface area contributed by atoms with Crippen molar-refractivity contribution in [1.29, 1.82) is 0 Å². The summed E-state index contributed by atoms with van der Waals surface area (Å²) in [5, 5.41) is 9.05.